The molecule has 2 N–H and O–H groups in total. The standard InChI is InChI=1S/C11H13F2NO/c12-9-4-8(14)5-10(13)11(9)15-6-7-2-1-3-7/h4-5,7H,1-3,6,14H2. The minimum atomic E-state index is -0.730. The third kappa shape index (κ3) is 2.19. The minimum Gasteiger partial charge on any atom is -0.487 e. The number of ether oxygens (including phenoxy) is 1. The molecule has 1 fully saturated rings. The van der Waals surface area contributed by atoms with Crippen LogP contribution in [0.3, 0.4) is 0 Å². The molecule has 1 aliphatic rings. The Morgan fingerprint density at radius 1 is 1.27 bits per heavy atom. The second-order valence-corrected chi connectivity index (χ2v) is 3.92. The number of anilines is 1. The molecule has 0 aliphatic heterocycles. The lowest BCUT2D eigenvalue weighted by molar-refractivity contribution is 0.170. The average Bonchev–Trinajstić information content (AvgIpc) is 2.06. The van der Waals surface area contributed by atoms with Crippen LogP contribution in [0.15, 0.2) is 12.1 Å². The number of halogens is 2. The zero-order chi connectivity index (χ0) is 10.8. The number of nitrogens with two attached hydrogens (primary N) is 1. The molecule has 82 valence electrons. The smallest absolute Gasteiger partial charge is 0.190 e. The highest BCUT2D eigenvalue weighted by Crippen LogP contribution is 2.29. The van der Waals surface area contributed by atoms with Gasteiger partial charge in [0.2, 0.25) is 0 Å². The van der Waals surface area contributed by atoms with Crippen LogP contribution in [-0.2, 0) is 0 Å². The van der Waals surface area contributed by atoms with Gasteiger partial charge < -0.3 is 10.5 Å². The summed E-state index contributed by atoms with van der Waals surface area (Å²) in [5, 5.41) is 0. The molecule has 0 atom stereocenters. The SMILES string of the molecule is Nc1cc(F)c(OCC2CCC2)c(F)c1. The van der Waals surface area contributed by atoms with Crippen molar-refractivity contribution in [2.75, 3.05) is 12.3 Å². The van der Waals surface area contributed by atoms with Crippen LogP contribution in [0.1, 0.15) is 19.3 Å². The van der Waals surface area contributed by atoms with Gasteiger partial charge in [-0.25, -0.2) is 8.78 Å². The monoisotopic (exact) mass is 213 g/mol. The summed E-state index contributed by atoms with van der Waals surface area (Å²) in [4.78, 5) is 0. The Balaban J connectivity index is 2.05. The van der Waals surface area contributed by atoms with Gasteiger partial charge in [-0.2, -0.15) is 0 Å². The summed E-state index contributed by atoms with van der Waals surface area (Å²) in [5.41, 5.74) is 5.36. The molecule has 1 aliphatic carbocycles. The van der Waals surface area contributed by atoms with E-state index >= 15 is 0 Å². The van der Waals surface area contributed by atoms with Crippen molar-refractivity contribution >= 4 is 5.69 Å². The van der Waals surface area contributed by atoms with Crippen LogP contribution in [-0.4, -0.2) is 6.61 Å². The van der Waals surface area contributed by atoms with Crippen LogP contribution < -0.4 is 10.5 Å². The van der Waals surface area contributed by atoms with Crippen molar-refractivity contribution in [3.8, 4) is 5.75 Å². The van der Waals surface area contributed by atoms with E-state index < -0.39 is 11.6 Å². The lowest BCUT2D eigenvalue weighted by Gasteiger charge is -2.25. The molecule has 1 aromatic rings. The second kappa shape index (κ2) is 4.04. The highest BCUT2D eigenvalue weighted by molar-refractivity contribution is 5.44. The van der Waals surface area contributed by atoms with E-state index in [9.17, 15) is 8.78 Å². The average molecular weight is 213 g/mol. The molecule has 0 bridgehead atoms. The number of nitrogen functional groups attached to an aromatic ring is 1. The predicted octanol–water partition coefficient (Wildman–Crippen LogP) is 2.73. The van der Waals surface area contributed by atoms with Crippen molar-refractivity contribution in [3.05, 3.63) is 23.8 Å². The fraction of sp³-hybridized carbons (Fsp3) is 0.455. The molecule has 0 heterocycles. The lowest BCUT2D eigenvalue weighted by Crippen LogP contribution is -2.20. The molecular weight excluding hydrogens is 200 g/mol. The molecule has 4 heteroatoms. The highest BCUT2D eigenvalue weighted by atomic mass is 19.1. The molecule has 0 aromatic heterocycles. The first-order valence-corrected chi connectivity index (χ1v) is 5.04. The third-order valence-electron chi connectivity index (χ3n) is 2.71. The van der Waals surface area contributed by atoms with Gasteiger partial charge in [-0.05, 0) is 18.8 Å². The Hall–Kier alpha value is -1.32. The van der Waals surface area contributed by atoms with Crippen LogP contribution in [0.4, 0.5) is 14.5 Å². The van der Waals surface area contributed by atoms with Gasteiger partial charge in [0.05, 0.1) is 6.61 Å². The maximum absolute atomic E-state index is 13.2. The maximum atomic E-state index is 13.2. The van der Waals surface area contributed by atoms with Gasteiger partial charge in [0.25, 0.3) is 0 Å². The van der Waals surface area contributed by atoms with Gasteiger partial charge in [0.1, 0.15) is 0 Å². The molecule has 0 unspecified atom stereocenters. The molecule has 2 rings (SSSR count). The summed E-state index contributed by atoms with van der Waals surface area (Å²) >= 11 is 0. The first kappa shape index (κ1) is 10.2. The number of hydrogen-bond acceptors (Lipinski definition) is 2. The molecule has 0 saturated heterocycles. The maximum Gasteiger partial charge on any atom is 0.190 e. The Morgan fingerprint density at radius 3 is 2.33 bits per heavy atom. The van der Waals surface area contributed by atoms with E-state index in [-0.39, 0.29) is 11.4 Å². The van der Waals surface area contributed by atoms with Crippen LogP contribution in [0.5, 0.6) is 5.75 Å². The van der Waals surface area contributed by atoms with E-state index in [0.717, 1.165) is 25.0 Å². The molecular formula is C11H13F2NO. The van der Waals surface area contributed by atoms with E-state index in [1.165, 1.54) is 6.42 Å². The van der Waals surface area contributed by atoms with Gasteiger partial charge in [0.15, 0.2) is 17.4 Å². The number of benzene rings is 1. The Bertz CT molecular complexity index is 341. The molecule has 0 amide bonds. The highest BCUT2D eigenvalue weighted by Gasteiger charge is 2.20. The van der Waals surface area contributed by atoms with Gasteiger partial charge in [-0.1, -0.05) is 6.42 Å². The second-order valence-electron chi connectivity index (χ2n) is 3.92. The fourth-order valence-electron chi connectivity index (χ4n) is 1.58. The number of rotatable bonds is 3. The molecule has 0 radical (unpaired) electrons. The topological polar surface area (TPSA) is 35.2 Å². The van der Waals surface area contributed by atoms with Gasteiger partial charge in [-0.15, -0.1) is 0 Å². The van der Waals surface area contributed by atoms with Gasteiger partial charge in [0, 0.05) is 17.8 Å². The number of hydrogen-bond donors (Lipinski definition) is 1. The summed E-state index contributed by atoms with van der Waals surface area (Å²) in [5.74, 6) is -1.32. The van der Waals surface area contributed by atoms with Crippen LogP contribution >= 0.6 is 0 Å². The summed E-state index contributed by atoms with van der Waals surface area (Å²) in [6, 6.07) is 2.14. The fourth-order valence-corrected chi connectivity index (χ4v) is 1.58. The predicted molar refractivity (Wildman–Crippen MR) is 53.6 cm³/mol. The quantitative estimate of drug-likeness (QED) is 0.783. The van der Waals surface area contributed by atoms with Crippen molar-refractivity contribution in [2.45, 2.75) is 19.3 Å². The van der Waals surface area contributed by atoms with Crippen molar-refractivity contribution in [1.29, 1.82) is 0 Å². The van der Waals surface area contributed by atoms with Crippen molar-refractivity contribution in [3.63, 3.8) is 0 Å². The van der Waals surface area contributed by atoms with Crippen molar-refractivity contribution in [1.82, 2.24) is 0 Å². The molecule has 2 nitrogen and oxygen atoms in total. The normalized spacial score (nSPS) is 16.1. The van der Waals surface area contributed by atoms with Crippen LogP contribution in [0.2, 0.25) is 0 Å². The Labute approximate surface area is 87.0 Å². The van der Waals surface area contributed by atoms with Crippen LogP contribution in [0.25, 0.3) is 0 Å². The first-order valence-electron chi connectivity index (χ1n) is 5.04. The largest absolute Gasteiger partial charge is 0.487 e. The summed E-state index contributed by atoms with van der Waals surface area (Å²) in [6.07, 6.45) is 3.34. The third-order valence-corrected chi connectivity index (χ3v) is 2.71. The van der Waals surface area contributed by atoms with Gasteiger partial charge in [-0.3, -0.25) is 0 Å². The van der Waals surface area contributed by atoms with E-state index in [1.54, 1.807) is 0 Å². The molecule has 1 aromatic carbocycles. The lowest BCUT2D eigenvalue weighted by atomic mass is 9.86. The van der Waals surface area contributed by atoms with E-state index in [1.807, 2.05) is 0 Å². The van der Waals surface area contributed by atoms with Crippen LogP contribution in [0, 0.1) is 17.6 Å². The molecule has 15 heavy (non-hydrogen) atoms. The van der Waals surface area contributed by atoms with Crippen molar-refractivity contribution < 1.29 is 13.5 Å². The zero-order valence-electron chi connectivity index (χ0n) is 8.30. The summed E-state index contributed by atoms with van der Waals surface area (Å²) in [6.45, 7) is 0.387. The zero-order valence-corrected chi connectivity index (χ0v) is 8.30. The molecule has 0 spiro atoms. The Kier molecular flexibility index (Phi) is 2.75. The first-order chi connectivity index (χ1) is 7.16. The van der Waals surface area contributed by atoms with Gasteiger partial charge >= 0.3 is 0 Å². The summed E-state index contributed by atoms with van der Waals surface area (Å²) < 4.78 is 31.6. The van der Waals surface area contributed by atoms with Crippen molar-refractivity contribution in [2.24, 2.45) is 5.92 Å². The summed E-state index contributed by atoms with van der Waals surface area (Å²) in [7, 11) is 0. The van der Waals surface area contributed by atoms with E-state index in [4.69, 9.17) is 10.5 Å². The van der Waals surface area contributed by atoms with E-state index in [2.05, 4.69) is 0 Å². The Morgan fingerprint density at radius 2 is 1.87 bits per heavy atom. The van der Waals surface area contributed by atoms with E-state index in [0.29, 0.717) is 12.5 Å². The molecule has 1 saturated carbocycles. The minimum absolute atomic E-state index is 0.0704.